The average Bonchev–Trinajstić information content (AvgIpc) is 2.82. The molecule has 0 saturated heterocycles. The van der Waals surface area contributed by atoms with Crippen molar-refractivity contribution in [3.05, 3.63) is 112 Å². The summed E-state index contributed by atoms with van der Waals surface area (Å²) in [5, 5.41) is 13.3. The smallest absolute Gasteiger partial charge is 0.269 e. The molecule has 3 amide bonds. The molecule has 0 aliphatic rings. The molecule has 160 valence electrons. The lowest BCUT2D eigenvalue weighted by Gasteiger charge is -2.08. The third-order valence-corrected chi connectivity index (χ3v) is 4.27. The van der Waals surface area contributed by atoms with Crippen molar-refractivity contribution >= 4 is 35.2 Å². The number of hydrogen-bond donors (Lipinski definition) is 3. The Morgan fingerprint density at radius 3 is 1.97 bits per heavy atom. The molecule has 0 atom stereocenters. The Balaban J connectivity index is 1.51. The monoisotopic (exact) mass is 430 g/mol. The van der Waals surface area contributed by atoms with Gasteiger partial charge in [-0.05, 0) is 48.0 Å². The van der Waals surface area contributed by atoms with Crippen molar-refractivity contribution < 1.29 is 19.3 Å². The summed E-state index contributed by atoms with van der Waals surface area (Å²) in [5.74, 6) is -1.47. The Hall–Kier alpha value is -4.79. The van der Waals surface area contributed by atoms with E-state index >= 15 is 0 Å². The summed E-state index contributed by atoms with van der Waals surface area (Å²) in [6.07, 6.45) is 2.91. The lowest BCUT2D eigenvalue weighted by molar-refractivity contribution is -0.384. The van der Waals surface area contributed by atoms with Gasteiger partial charge < -0.3 is 5.32 Å². The summed E-state index contributed by atoms with van der Waals surface area (Å²) in [6, 6.07) is 20.4. The highest BCUT2D eigenvalue weighted by Crippen LogP contribution is 2.15. The number of hydrazine groups is 1. The van der Waals surface area contributed by atoms with Crippen molar-refractivity contribution in [3.63, 3.8) is 0 Å². The maximum absolute atomic E-state index is 12.2. The van der Waals surface area contributed by atoms with Crippen molar-refractivity contribution in [2.45, 2.75) is 0 Å². The Kier molecular flexibility index (Phi) is 7.05. The molecular weight excluding hydrogens is 412 g/mol. The number of nitrogens with one attached hydrogen (secondary N) is 3. The molecule has 0 unspecified atom stereocenters. The first kappa shape index (κ1) is 21.9. The van der Waals surface area contributed by atoms with E-state index in [-0.39, 0.29) is 16.8 Å². The van der Waals surface area contributed by atoms with E-state index in [4.69, 9.17) is 0 Å². The topological polar surface area (TPSA) is 130 Å². The quantitative estimate of drug-likeness (QED) is 0.314. The lowest BCUT2D eigenvalue weighted by atomic mass is 10.1. The molecule has 32 heavy (non-hydrogen) atoms. The minimum absolute atomic E-state index is 0.112. The number of carbonyl (C=O) groups excluding carboxylic acids is 3. The van der Waals surface area contributed by atoms with Crippen LogP contribution in [0.3, 0.4) is 0 Å². The maximum Gasteiger partial charge on any atom is 0.269 e. The molecule has 9 nitrogen and oxygen atoms in total. The molecule has 3 rings (SSSR count). The fourth-order valence-electron chi connectivity index (χ4n) is 2.61. The predicted molar refractivity (Wildman–Crippen MR) is 119 cm³/mol. The average molecular weight is 430 g/mol. The van der Waals surface area contributed by atoms with Gasteiger partial charge in [-0.3, -0.25) is 35.3 Å². The van der Waals surface area contributed by atoms with Crippen LogP contribution in [-0.2, 0) is 4.79 Å². The van der Waals surface area contributed by atoms with Crippen LogP contribution in [0.1, 0.15) is 26.3 Å². The number of amides is 3. The molecule has 0 bridgehead atoms. The summed E-state index contributed by atoms with van der Waals surface area (Å²) < 4.78 is 0. The first-order valence-corrected chi connectivity index (χ1v) is 9.42. The van der Waals surface area contributed by atoms with E-state index in [0.717, 1.165) is 5.56 Å². The summed E-state index contributed by atoms with van der Waals surface area (Å²) >= 11 is 0. The number of nitro groups is 1. The number of non-ortho nitro benzene ring substituents is 1. The highest BCUT2D eigenvalue weighted by atomic mass is 16.6. The van der Waals surface area contributed by atoms with Crippen LogP contribution in [0.15, 0.2) is 84.9 Å². The van der Waals surface area contributed by atoms with Gasteiger partial charge in [-0.25, -0.2) is 0 Å². The highest BCUT2D eigenvalue weighted by molar-refractivity contribution is 6.04. The molecule has 0 fully saturated rings. The van der Waals surface area contributed by atoms with E-state index in [2.05, 4.69) is 16.2 Å². The maximum atomic E-state index is 12.2. The van der Waals surface area contributed by atoms with Crippen LogP contribution in [0, 0.1) is 10.1 Å². The van der Waals surface area contributed by atoms with Gasteiger partial charge in [0.2, 0.25) is 0 Å². The normalized spacial score (nSPS) is 10.4. The highest BCUT2D eigenvalue weighted by Gasteiger charge is 2.11. The number of hydrogen-bond acceptors (Lipinski definition) is 5. The van der Waals surface area contributed by atoms with Crippen LogP contribution < -0.4 is 16.2 Å². The molecule has 0 spiro atoms. The Morgan fingerprint density at radius 1 is 0.750 bits per heavy atom. The van der Waals surface area contributed by atoms with Gasteiger partial charge in [-0.2, -0.15) is 0 Å². The SMILES string of the molecule is O=C(/C=C/c1ccccc1)NNC(=O)c1ccc(NC(=O)c2ccc([N+](=O)[O-])cc2)cc1. The molecule has 9 heteroatoms. The van der Waals surface area contributed by atoms with Crippen molar-refractivity contribution in [2.24, 2.45) is 0 Å². The predicted octanol–water partition coefficient (Wildman–Crippen LogP) is 3.32. The second kappa shape index (κ2) is 10.3. The van der Waals surface area contributed by atoms with E-state index in [1.807, 2.05) is 30.3 Å². The molecule has 0 heterocycles. The molecule has 0 radical (unpaired) electrons. The third kappa shape index (κ3) is 6.10. The Labute approximate surface area is 182 Å². The molecule has 3 aromatic carbocycles. The molecule has 0 aliphatic heterocycles. The lowest BCUT2D eigenvalue weighted by Crippen LogP contribution is -2.40. The summed E-state index contributed by atoms with van der Waals surface area (Å²) in [5.41, 5.74) is 6.28. The van der Waals surface area contributed by atoms with Gasteiger partial charge in [0.15, 0.2) is 0 Å². The zero-order valence-electron chi connectivity index (χ0n) is 16.6. The number of carbonyl (C=O) groups is 3. The van der Waals surface area contributed by atoms with E-state index in [0.29, 0.717) is 5.69 Å². The minimum atomic E-state index is -0.548. The zero-order valence-corrected chi connectivity index (χ0v) is 16.6. The molecule has 3 N–H and O–H groups in total. The van der Waals surface area contributed by atoms with Crippen LogP contribution in [0.4, 0.5) is 11.4 Å². The van der Waals surface area contributed by atoms with E-state index in [1.54, 1.807) is 6.08 Å². The van der Waals surface area contributed by atoms with Crippen LogP contribution >= 0.6 is 0 Å². The van der Waals surface area contributed by atoms with E-state index in [9.17, 15) is 24.5 Å². The number of benzene rings is 3. The molecule has 0 aromatic heterocycles. The van der Waals surface area contributed by atoms with Crippen LogP contribution in [-0.4, -0.2) is 22.6 Å². The fraction of sp³-hybridized carbons (Fsp3) is 0. The number of nitro benzene ring substituents is 1. The van der Waals surface area contributed by atoms with Crippen molar-refractivity contribution in [3.8, 4) is 0 Å². The summed E-state index contributed by atoms with van der Waals surface area (Å²) in [6.45, 7) is 0. The molecule has 0 aliphatic carbocycles. The minimum Gasteiger partial charge on any atom is -0.322 e. The van der Waals surface area contributed by atoms with Crippen LogP contribution in [0.5, 0.6) is 0 Å². The molecular formula is C23H18N4O5. The second-order valence-corrected chi connectivity index (χ2v) is 6.52. The van der Waals surface area contributed by atoms with E-state index in [1.165, 1.54) is 54.6 Å². The summed E-state index contributed by atoms with van der Waals surface area (Å²) in [7, 11) is 0. The standard InChI is InChI=1S/C23H18N4O5/c28-21(15-6-16-4-2-1-3-5-16)25-26-23(30)18-7-11-19(12-8-18)24-22(29)17-9-13-20(14-10-17)27(31)32/h1-15H,(H,24,29)(H,25,28)(H,26,30)/b15-6+. The van der Waals surface area contributed by atoms with E-state index < -0.39 is 22.6 Å². The first-order valence-electron chi connectivity index (χ1n) is 9.42. The van der Waals surface area contributed by atoms with Gasteiger partial charge in [0, 0.05) is 35.0 Å². The molecule has 3 aromatic rings. The number of anilines is 1. The number of rotatable bonds is 6. The largest absolute Gasteiger partial charge is 0.322 e. The Morgan fingerprint density at radius 2 is 1.34 bits per heavy atom. The van der Waals surface area contributed by atoms with Gasteiger partial charge in [0.1, 0.15) is 0 Å². The molecule has 0 saturated carbocycles. The summed E-state index contributed by atoms with van der Waals surface area (Å²) in [4.78, 5) is 46.4. The fourth-order valence-corrected chi connectivity index (χ4v) is 2.61. The Bertz CT molecular complexity index is 1160. The van der Waals surface area contributed by atoms with Gasteiger partial charge in [-0.1, -0.05) is 30.3 Å². The van der Waals surface area contributed by atoms with Crippen LogP contribution in [0.25, 0.3) is 6.08 Å². The van der Waals surface area contributed by atoms with Gasteiger partial charge >= 0.3 is 0 Å². The zero-order chi connectivity index (χ0) is 22.9. The second-order valence-electron chi connectivity index (χ2n) is 6.52. The van der Waals surface area contributed by atoms with Crippen LogP contribution in [0.2, 0.25) is 0 Å². The van der Waals surface area contributed by atoms with Gasteiger partial charge in [0.05, 0.1) is 4.92 Å². The van der Waals surface area contributed by atoms with Crippen molar-refractivity contribution in [1.29, 1.82) is 0 Å². The third-order valence-electron chi connectivity index (χ3n) is 4.27. The van der Waals surface area contributed by atoms with Crippen molar-refractivity contribution in [1.82, 2.24) is 10.9 Å². The van der Waals surface area contributed by atoms with Crippen molar-refractivity contribution in [2.75, 3.05) is 5.32 Å². The van der Waals surface area contributed by atoms with Gasteiger partial charge in [0.25, 0.3) is 23.4 Å². The number of nitrogens with zero attached hydrogens (tertiary/aromatic N) is 1. The first-order chi connectivity index (χ1) is 15.4. The van der Waals surface area contributed by atoms with Gasteiger partial charge in [-0.15, -0.1) is 0 Å².